The lowest BCUT2D eigenvalue weighted by molar-refractivity contribution is 0.0955. The topological polar surface area (TPSA) is 46.4 Å². The van der Waals surface area contributed by atoms with Gasteiger partial charge in [-0.15, -0.1) is 0 Å². The molecule has 1 amide bonds. The number of nitrogens with one attached hydrogen (secondary N) is 1. The second-order valence-electron chi connectivity index (χ2n) is 8.47. The van der Waals surface area contributed by atoms with Gasteiger partial charge in [0.15, 0.2) is 0 Å². The number of carbonyl (C=O) groups is 1. The first kappa shape index (κ1) is 20.6. The van der Waals surface area contributed by atoms with Gasteiger partial charge >= 0.3 is 0 Å². The minimum Gasteiger partial charge on any atom is -0.318 e. The van der Waals surface area contributed by atoms with E-state index in [-0.39, 0.29) is 11.3 Å². The van der Waals surface area contributed by atoms with Crippen LogP contribution in [0, 0.1) is 20.8 Å². The molecule has 0 fully saturated rings. The zero-order chi connectivity index (χ0) is 21.2. The lowest BCUT2D eigenvalue weighted by Gasteiger charge is -2.18. The number of benzene rings is 2. The average molecular weight is 388 g/mol. The Kier molecular flexibility index (Phi) is 5.73. The van der Waals surface area contributed by atoms with Crippen LogP contribution in [0.3, 0.4) is 0 Å². The Bertz CT molecular complexity index is 1050. The molecule has 3 aromatic rings. The fourth-order valence-electron chi connectivity index (χ4n) is 3.45. The molecule has 150 valence electrons. The number of carbonyl (C=O) groups excluding carboxylic acids is 1. The third-order valence-electron chi connectivity index (χ3n) is 5.21. The molecule has 0 aliphatic carbocycles. The van der Waals surface area contributed by atoms with Crippen LogP contribution < -0.4 is 5.43 Å². The van der Waals surface area contributed by atoms with Crippen molar-refractivity contribution in [1.29, 1.82) is 0 Å². The second-order valence-corrected chi connectivity index (χ2v) is 8.47. The zero-order valence-electron chi connectivity index (χ0n) is 18.1. The maximum atomic E-state index is 12.4. The van der Waals surface area contributed by atoms with Crippen LogP contribution in [0.1, 0.15) is 59.2 Å². The van der Waals surface area contributed by atoms with Gasteiger partial charge < -0.3 is 4.57 Å². The van der Waals surface area contributed by atoms with Crippen molar-refractivity contribution in [3.05, 3.63) is 88.2 Å². The van der Waals surface area contributed by atoms with E-state index in [1.807, 2.05) is 36.4 Å². The first-order chi connectivity index (χ1) is 13.7. The number of hydrazone groups is 1. The molecule has 2 aromatic carbocycles. The van der Waals surface area contributed by atoms with Crippen molar-refractivity contribution in [3.8, 4) is 5.69 Å². The molecule has 0 radical (unpaired) electrons. The summed E-state index contributed by atoms with van der Waals surface area (Å²) in [6.45, 7) is 12.7. The summed E-state index contributed by atoms with van der Waals surface area (Å²) in [5.74, 6) is -0.213. The van der Waals surface area contributed by atoms with Crippen molar-refractivity contribution < 1.29 is 4.79 Å². The number of aromatic nitrogens is 1. The Morgan fingerprint density at radius 1 is 1.00 bits per heavy atom. The summed E-state index contributed by atoms with van der Waals surface area (Å²) in [5.41, 5.74) is 10.1. The highest BCUT2D eigenvalue weighted by atomic mass is 16.2. The molecule has 0 aliphatic heterocycles. The quantitative estimate of drug-likeness (QED) is 0.469. The number of hydrogen-bond donors (Lipinski definition) is 1. The van der Waals surface area contributed by atoms with E-state index in [4.69, 9.17) is 0 Å². The lowest BCUT2D eigenvalue weighted by atomic mass is 9.87. The molecule has 0 bridgehead atoms. The lowest BCUT2D eigenvalue weighted by Crippen LogP contribution is -2.18. The van der Waals surface area contributed by atoms with Gasteiger partial charge in [-0.25, -0.2) is 5.43 Å². The molecule has 3 rings (SSSR count). The van der Waals surface area contributed by atoms with E-state index in [0.29, 0.717) is 5.56 Å². The molecular weight excluding hydrogens is 358 g/mol. The predicted molar refractivity (Wildman–Crippen MR) is 120 cm³/mol. The summed E-state index contributed by atoms with van der Waals surface area (Å²) in [6, 6.07) is 18.1. The van der Waals surface area contributed by atoms with Crippen molar-refractivity contribution in [2.75, 3.05) is 0 Å². The van der Waals surface area contributed by atoms with E-state index < -0.39 is 0 Å². The number of hydrogen-bond acceptors (Lipinski definition) is 2. The molecule has 1 aromatic heterocycles. The molecule has 0 saturated heterocycles. The first-order valence-corrected chi connectivity index (χ1v) is 9.87. The van der Waals surface area contributed by atoms with Gasteiger partial charge in [-0.1, -0.05) is 51.1 Å². The molecule has 0 unspecified atom stereocenters. The Morgan fingerprint density at radius 2 is 1.66 bits per heavy atom. The summed E-state index contributed by atoms with van der Waals surface area (Å²) in [4.78, 5) is 12.4. The van der Waals surface area contributed by atoms with Gasteiger partial charge in [-0.3, -0.25) is 4.79 Å². The molecule has 4 nitrogen and oxygen atoms in total. The highest BCUT2D eigenvalue weighted by Crippen LogP contribution is 2.23. The molecular formula is C25H29N3O. The number of amides is 1. The summed E-state index contributed by atoms with van der Waals surface area (Å²) >= 11 is 0. The van der Waals surface area contributed by atoms with Crippen molar-refractivity contribution >= 4 is 12.1 Å². The monoisotopic (exact) mass is 387 g/mol. The molecule has 0 atom stereocenters. The van der Waals surface area contributed by atoms with Gasteiger partial charge in [0.25, 0.3) is 5.91 Å². The number of aryl methyl sites for hydroxylation is 2. The van der Waals surface area contributed by atoms with Crippen LogP contribution in [0.2, 0.25) is 0 Å². The summed E-state index contributed by atoms with van der Waals surface area (Å²) in [7, 11) is 0. The molecule has 0 spiro atoms. The Hall–Kier alpha value is -3.14. The van der Waals surface area contributed by atoms with E-state index in [1.54, 1.807) is 6.21 Å². The van der Waals surface area contributed by atoms with Gasteiger partial charge in [0, 0.05) is 28.2 Å². The zero-order valence-corrected chi connectivity index (χ0v) is 18.1. The van der Waals surface area contributed by atoms with E-state index in [1.165, 1.54) is 11.1 Å². The van der Waals surface area contributed by atoms with Crippen LogP contribution in [-0.2, 0) is 5.41 Å². The minimum atomic E-state index is -0.213. The Labute approximate surface area is 173 Å². The average Bonchev–Trinajstić information content (AvgIpc) is 2.95. The molecule has 0 aliphatic rings. The van der Waals surface area contributed by atoms with E-state index in [2.05, 4.69) is 74.8 Å². The molecule has 1 heterocycles. The maximum absolute atomic E-state index is 12.4. The van der Waals surface area contributed by atoms with Crippen LogP contribution in [0.5, 0.6) is 0 Å². The van der Waals surface area contributed by atoms with Crippen LogP contribution in [-0.4, -0.2) is 16.7 Å². The standard InChI is InChI=1S/C25H29N3O/c1-17-9-7-8-10-23(17)28-18(2)15-21(19(28)3)16-26-27-24(29)20-11-13-22(14-12-20)25(4,5)6/h7-16H,1-6H3,(H,27,29)/b26-16-. The second kappa shape index (κ2) is 8.08. The largest absolute Gasteiger partial charge is 0.318 e. The highest BCUT2D eigenvalue weighted by molar-refractivity contribution is 5.95. The van der Waals surface area contributed by atoms with Crippen molar-refractivity contribution in [2.45, 2.75) is 47.0 Å². The van der Waals surface area contributed by atoms with Gasteiger partial charge in [0.1, 0.15) is 0 Å². The van der Waals surface area contributed by atoms with Crippen LogP contribution in [0.15, 0.2) is 59.7 Å². The first-order valence-electron chi connectivity index (χ1n) is 9.87. The number of nitrogens with zero attached hydrogens (tertiary/aromatic N) is 2. The normalized spacial score (nSPS) is 11.8. The van der Waals surface area contributed by atoms with Crippen LogP contribution in [0.4, 0.5) is 0 Å². The summed E-state index contributed by atoms with van der Waals surface area (Å²) < 4.78 is 2.21. The predicted octanol–water partition coefficient (Wildman–Crippen LogP) is 5.46. The number of para-hydroxylation sites is 1. The van der Waals surface area contributed by atoms with Crippen LogP contribution >= 0.6 is 0 Å². The van der Waals surface area contributed by atoms with Gasteiger partial charge in [-0.2, -0.15) is 5.10 Å². The van der Waals surface area contributed by atoms with Crippen molar-refractivity contribution in [1.82, 2.24) is 9.99 Å². The highest BCUT2D eigenvalue weighted by Gasteiger charge is 2.14. The van der Waals surface area contributed by atoms with E-state index in [9.17, 15) is 4.79 Å². The van der Waals surface area contributed by atoms with Gasteiger partial charge in [0.05, 0.1) is 6.21 Å². The summed E-state index contributed by atoms with van der Waals surface area (Å²) in [6.07, 6.45) is 1.71. The minimum absolute atomic E-state index is 0.0623. The smallest absolute Gasteiger partial charge is 0.271 e. The Balaban J connectivity index is 1.75. The van der Waals surface area contributed by atoms with Crippen LogP contribution in [0.25, 0.3) is 5.69 Å². The fraction of sp³-hybridized carbons (Fsp3) is 0.280. The van der Waals surface area contributed by atoms with E-state index >= 15 is 0 Å². The fourth-order valence-corrected chi connectivity index (χ4v) is 3.45. The maximum Gasteiger partial charge on any atom is 0.271 e. The third-order valence-corrected chi connectivity index (χ3v) is 5.21. The van der Waals surface area contributed by atoms with Crippen molar-refractivity contribution in [3.63, 3.8) is 0 Å². The summed E-state index contributed by atoms with van der Waals surface area (Å²) in [5, 5.41) is 4.18. The number of rotatable bonds is 4. The molecule has 1 N–H and O–H groups in total. The third kappa shape index (κ3) is 4.48. The molecule has 0 saturated carbocycles. The Morgan fingerprint density at radius 3 is 2.28 bits per heavy atom. The van der Waals surface area contributed by atoms with E-state index in [0.717, 1.165) is 22.6 Å². The van der Waals surface area contributed by atoms with Gasteiger partial charge in [0.2, 0.25) is 0 Å². The van der Waals surface area contributed by atoms with Crippen molar-refractivity contribution in [2.24, 2.45) is 5.10 Å². The molecule has 29 heavy (non-hydrogen) atoms. The van der Waals surface area contributed by atoms with Gasteiger partial charge in [-0.05, 0) is 61.6 Å². The molecule has 4 heteroatoms. The SMILES string of the molecule is Cc1ccccc1-n1c(C)cc(/C=N\NC(=O)c2ccc(C(C)(C)C)cc2)c1C.